The lowest BCUT2D eigenvalue weighted by Gasteiger charge is -2.41. The molecule has 4 nitrogen and oxygen atoms in total. The van der Waals surface area contributed by atoms with Gasteiger partial charge in [0.15, 0.2) is 0 Å². The monoisotopic (exact) mass is 286 g/mol. The van der Waals surface area contributed by atoms with Gasteiger partial charge in [-0.05, 0) is 38.4 Å². The van der Waals surface area contributed by atoms with E-state index in [0.29, 0.717) is 6.42 Å². The molecule has 1 aliphatic heterocycles. The molecule has 0 saturated carbocycles. The van der Waals surface area contributed by atoms with Crippen molar-refractivity contribution in [3.05, 3.63) is 35.9 Å². The van der Waals surface area contributed by atoms with E-state index in [1.165, 1.54) is 7.11 Å². The molecule has 0 aromatic heterocycles. The van der Waals surface area contributed by atoms with Gasteiger partial charge in [0, 0.05) is 6.04 Å². The number of esters is 1. The molecular formula is C17H22N2O2. The number of nitrogens with zero attached hydrogens (tertiary/aromatic N) is 2. The molecule has 0 aliphatic carbocycles. The number of ether oxygens (including phenoxy) is 1. The Morgan fingerprint density at radius 3 is 2.52 bits per heavy atom. The molecule has 0 radical (unpaired) electrons. The van der Waals surface area contributed by atoms with Gasteiger partial charge in [-0.15, -0.1) is 0 Å². The lowest BCUT2D eigenvalue weighted by Crippen LogP contribution is -2.50. The molecule has 2 rings (SSSR count). The van der Waals surface area contributed by atoms with Crippen LogP contribution in [-0.2, 0) is 14.9 Å². The smallest absolute Gasteiger partial charge is 0.316 e. The third kappa shape index (κ3) is 3.08. The van der Waals surface area contributed by atoms with Gasteiger partial charge < -0.3 is 4.74 Å². The topological polar surface area (TPSA) is 53.3 Å². The first-order valence-corrected chi connectivity index (χ1v) is 7.39. The quantitative estimate of drug-likeness (QED) is 0.798. The van der Waals surface area contributed by atoms with E-state index in [4.69, 9.17) is 10.00 Å². The Bertz CT molecular complexity index is 513. The molecule has 4 heteroatoms. The second-order valence-corrected chi connectivity index (χ2v) is 5.69. The first kappa shape index (κ1) is 15.5. The number of hydrogen-bond acceptors (Lipinski definition) is 4. The summed E-state index contributed by atoms with van der Waals surface area (Å²) in [5.41, 5.74) is 0.489. The van der Waals surface area contributed by atoms with E-state index in [0.717, 1.165) is 31.5 Å². The van der Waals surface area contributed by atoms with Gasteiger partial charge in [-0.2, -0.15) is 5.26 Å². The van der Waals surface area contributed by atoms with Crippen LogP contribution in [-0.4, -0.2) is 37.1 Å². The number of benzene rings is 1. The molecule has 112 valence electrons. The van der Waals surface area contributed by atoms with E-state index in [9.17, 15) is 4.79 Å². The molecule has 21 heavy (non-hydrogen) atoms. The molecule has 1 fully saturated rings. The van der Waals surface area contributed by atoms with Crippen molar-refractivity contribution in [2.24, 2.45) is 0 Å². The summed E-state index contributed by atoms with van der Waals surface area (Å²) >= 11 is 0. The number of hydrogen-bond donors (Lipinski definition) is 0. The SMILES string of the molecule is COC(=O)C1(c2ccccc2)CCN([C@@H](C)CC#N)CC1. The maximum absolute atomic E-state index is 12.4. The third-order valence-corrected chi connectivity index (χ3v) is 4.56. The van der Waals surface area contributed by atoms with Crippen LogP contribution < -0.4 is 0 Å². The van der Waals surface area contributed by atoms with Gasteiger partial charge in [0.05, 0.1) is 25.0 Å². The summed E-state index contributed by atoms with van der Waals surface area (Å²) < 4.78 is 5.08. The molecule has 0 spiro atoms. The minimum atomic E-state index is -0.543. The van der Waals surface area contributed by atoms with Crippen LogP contribution in [0.15, 0.2) is 30.3 Å². The highest BCUT2D eigenvalue weighted by atomic mass is 16.5. The van der Waals surface area contributed by atoms with E-state index >= 15 is 0 Å². The van der Waals surface area contributed by atoms with Gasteiger partial charge in [-0.25, -0.2) is 0 Å². The van der Waals surface area contributed by atoms with Gasteiger partial charge in [-0.3, -0.25) is 9.69 Å². The molecule has 0 amide bonds. The Morgan fingerprint density at radius 2 is 2.00 bits per heavy atom. The fourth-order valence-electron chi connectivity index (χ4n) is 3.17. The zero-order valence-electron chi connectivity index (χ0n) is 12.7. The van der Waals surface area contributed by atoms with E-state index in [-0.39, 0.29) is 12.0 Å². The standard InChI is InChI=1S/C17H22N2O2/c1-14(8-11-18)19-12-9-17(10-13-19,16(20)21-2)15-6-4-3-5-7-15/h3-7,14H,8-10,12-13H2,1-2H3/t14-/m0/s1. The average molecular weight is 286 g/mol. The Balaban J connectivity index is 2.19. The summed E-state index contributed by atoms with van der Waals surface area (Å²) in [5.74, 6) is -0.152. The lowest BCUT2D eigenvalue weighted by atomic mass is 9.72. The molecule has 1 atom stereocenters. The summed E-state index contributed by atoms with van der Waals surface area (Å²) in [6, 6.07) is 12.3. The molecule has 0 unspecified atom stereocenters. The number of methoxy groups -OCH3 is 1. The van der Waals surface area contributed by atoms with Crippen molar-refractivity contribution in [3.63, 3.8) is 0 Å². The molecule has 1 aliphatic rings. The van der Waals surface area contributed by atoms with E-state index < -0.39 is 5.41 Å². The number of nitriles is 1. The largest absolute Gasteiger partial charge is 0.468 e. The average Bonchev–Trinajstić information content (AvgIpc) is 2.55. The van der Waals surface area contributed by atoms with Crippen molar-refractivity contribution < 1.29 is 9.53 Å². The van der Waals surface area contributed by atoms with E-state index in [1.807, 2.05) is 30.3 Å². The van der Waals surface area contributed by atoms with Crippen LogP contribution in [0.3, 0.4) is 0 Å². The molecular weight excluding hydrogens is 264 g/mol. The van der Waals surface area contributed by atoms with Crippen molar-refractivity contribution >= 4 is 5.97 Å². The van der Waals surface area contributed by atoms with Crippen molar-refractivity contribution in [1.29, 1.82) is 5.26 Å². The van der Waals surface area contributed by atoms with Crippen LogP contribution in [0, 0.1) is 11.3 Å². The van der Waals surface area contributed by atoms with E-state index in [2.05, 4.69) is 17.9 Å². The predicted molar refractivity (Wildman–Crippen MR) is 80.6 cm³/mol. The third-order valence-electron chi connectivity index (χ3n) is 4.56. The van der Waals surface area contributed by atoms with Crippen LogP contribution in [0.2, 0.25) is 0 Å². The number of piperidine rings is 1. The normalized spacial score (nSPS) is 19.5. The van der Waals surface area contributed by atoms with Crippen molar-refractivity contribution in [3.8, 4) is 6.07 Å². The highest BCUT2D eigenvalue weighted by Gasteiger charge is 2.44. The minimum absolute atomic E-state index is 0.152. The Hall–Kier alpha value is -1.86. The zero-order valence-corrected chi connectivity index (χ0v) is 12.7. The number of carbonyl (C=O) groups is 1. The fraction of sp³-hybridized carbons (Fsp3) is 0.529. The van der Waals surface area contributed by atoms with Crippen LogP contribution >= 0.6 is 0 Å². The maximum atomic E-state index is 12.4. The van der Waals surface area contributed by atoms with Crippen molar-refractivity contribution in [2.45, 2.75) is 37.6 Å². The second-order valence-electron chi connectivity index (χ2n) is 5.69. The molecule has 1 saturated heterocycles. The van der Waals surface area contributed by atoms with Crippen molar-refractivity contribution in [1.82, 2.24) is 4.90 Å². The molecule has 0 bridgehead atoms. The molecule has 0 N–H and O–H groups in total. The van der Waals surface area contributed by atoms with E-state index in [1.54, 1.807) is 0 Å². The molecule has 1 aromatic rings. The van der Waals surface area contributed by atoms with Crippen molar-refractivity contribution in [2.75, 3.05) is 20.2 Å². The zero-order chi connectivity index (χ0) is 15.3. The van der Waals surface area contributed by atoms with Gasteiger partial charge in [0.1, 0.15) is 0 Å². The van der Waals surface area contributed by atoms with Gasteiger partial charge in [0.25, 0.3) is 0 Å². The van der Waals surface area contributed by atoms with Gasteiger partial charge in [0.2, 0.25) is 0 Å². The Morgan fingerprint density at radius 1 is 1.38 bits per heavy atom. The predicted octanol–water partition coefficient (Wildman–Crippen LogP) is 2.50. The van der Waals surface area contributed by atoms with Crippen LogP contribution in [0.25, 0.3) is 0 Å². The summed E-state index contributed by atoms with van der Waals surface area (Å²) in [7, 11) is 1.46. The fourth-order valence-corrected chi connectivity index (χ4v) is 3.17. The summed E-state index contributed by atoms with van der Waals surface area (Å²) in [6.45, 7) is 3.69. The first-order chi connectivity index (χ1) is 10.1. The first-order valence-electron chi connectivity index (χ1n) is 7.39. The summed E-state index contributed by atoms with van der Waals surface area (Å²) in [6.07, 6.45) is 2.00. The minimum Gasteiger partial charge on any atom is -0.468 e. The maximum Gasteiger partial charge on any atom is 0.316 e. The number of rotatable bonds is 4. The number of likely N-dealkylation sites (tertiary alicyclic amines) is 1. The highest BCUT2D eigenvalue weighted by Crippen LogP contribution is 2.37. The van der Waals surface area contributed by atoms with Crippen LogP contribution in [0.1, 0.15) is 31.7 Å². The summed E-state index contributed by atoms with van der Waals surface area (Å²) in [4.78, 5) is 14.7. The van der Waals surface area contributed by atoms with Crippen LogP contribution in [0.4, 0.5) is 0 Å². The molecule has 1 aromatic carbocycles. The van der Waals surface area contributed by atoms with Gasteiger partial charge >= 0.3 is 5.97 Å². The number of carbonyl (C=O) groups excluding carboxylic acids is 1. The Kier molecular flexibility index (Phi) is 4.98. The van der Waals surface area contributed by atoms with Gasteiger partial charge in [-0.1, -0.05) is 30.3 Å². The molecule has 1 heterocycles. The summed E-state index contributed by atoms with van der Waals surface area (Å²) in [5, 5.41) is 8.82. The highest BCUT2D eigenvalue weighted by molar-refractivity contribution is 5.83. The van der Waals surface area contributed by atoms with Crippen LogP contribution in [0.5, 0.6) is 0 Å². The Labute approximate surface area is 126 Å². The second kappa shape index (κ2) is 6.73. The lowest BCUT2D eigenvalue weighted by molar-refractivity contribution is -0.150.